The van der Waals surface area contributed by atoms with Gasteiger partial charge in [0, 0.05) is 12.1 Å². The van der Waals surface area contributed by atoms with Crippen LogP contribution in [0.1, 0.15) is 58.3 Å². The SMILES string of the molecule is CCC(N)CCCNC1CCCCC1. The molecule has 0 heterocycles. The molecule has 1 saturated carbocycles. The average Bonchev–Trinajstić information content (AvgIpc) is 2.25. The molecule has 0 bridgehead atoms. The van der Waals surface area contributed by atoms with Crippen LogP contribution in [0.3, 0.4) is 0 Å². The van der Waals surface area contributed by atoms with Crippen molar-refractivity contribution in [3.05, 3.63) is 0 Å². The summed E-state index contributed by atoms with van der Waals surface area (Å²) in [5.41, 5.74) is 5.86. The molecule has 1 aliphatic carbocycles. The molecule has 0 spiro atoms. The topological polar surface area (TPSA) is 38.0 Å². The lowest BCUT2D eigenvalue weighted by atomic mass is 9.95. The van der Waals surface area contributed by atoms with E-state index in [-0.39, 0.29) is 0 Å². The van der Waals surface area contributed by atoms with Crippen molar-refractivity contribution in [1.82, 2.24) is 5.32 Å². The third-order valence-electron chi connectivity index (χ3n) is 3.31. The van der Waals surface area contributed by atoms with Crippen molar-refractivity contribution in [3.63, 3.8) is 0 Å². The summed E-state index contributed by atoms with van der Waals surface area (Å²) in [5, 5.41) is 3.65. The van der Waals surface area contributed by atoms with E-state index in [2.05, 4.69) is 12.2 Å². The maximum atomic E-state index is 5.86. The minimum atomic E-state index is 0.420. The normalized spacial score (nSPS) is 21.0. The fraction of sp³-hybridized carbons (Fsp3) is 1.00. The average molecular weight is 198 g/mol. The van der Waals surface area contributed by atoms with Gasteiger partial charge in [-0.2, -0.15) is 0 Å². The van der Waals surface area contributed by atoms with E-state index in [1.54, 1.807) is 0 Å². The minimum Gasteiger partial charge on any atom is -0.328 e. The zero-order chi connectivity index (χ0) is 10.2. The lowest BCUT2D eigenvalue weighted by molar-refractivity contribution is 0.368. The van der Waals surface area contributed by atoms with Gasteiger partial charge in [-0.1, -0.05) is 26.2 Å². The van der Waals surface area contributed by atoms with E-state index >= 15 is 0 Å². The Bertz CT molecular complexity index is 130. The van der Waals surface area contributed by atoms with Gasteiger partial charge < -0.3 is 11.1 Å². The van der Waals surface area contributed by atoms with E-state index in [0.717, 1.165) is 12.5 Å². The summed E-state index contributed by atoms with van der Waals surface area (Å²) in [4.78, 5) is 0. The van der Waals surface area contributed by atoms with E-state index < -0.39 is 0 Å². The Balaban J connectivity index is 1.92. The molecule has 0 saturated heterocycles. The molecule has 1 rings (SSSR count). The van der Waals surface area contributed by atoms with Crippen molar-refractivity contribution in [2.45, 2.75) is 70.4 Å². The van der Waals surface area contributed by atoms with Crippen LogP contribution in [0.5, 0.6) is 0 Å². The molecule has 3 N–H and O–H groups in total. The van der Waals surface area contributed by atoms with Crippen LogP contribution in [0.2, 0.25) is 0 Å². The van der Waals surface area contributed by atoms with Crippen molar-refractivity contribution in [2.24, 2.45) is 5.73 Å². The van der Waals surface area contributed by atoms with E-state index in [9.17, 15) is 0 Å². The number of nitrogens with one attached hydrogen (secondary N) is 1. The van der Waals surface area contributed by atoms with Crippen LogP contribution in [0, 0.1) is 0 Å². The van der Waals surface area contributed by atoms with Crippen LogP contribution in [-0.2, 0) is 0 Å². The van der Waals surface area contributed by atoms with Crippen LogP contribution in [0.25, 0.3) is 0 Å². The van der Waals surface area contributed by atoms with Gasteiger partial charge in [-0.15, -0.1) is 0 Å². The van der Waals surface area contributed by atoms with E-state index in [1.165, 1.54) is 51.5 Å². The largest absolute Gasteiger partial charge is 0.328 e. The van der Waals surface area contributed by atoms with E-state index in [1.807, 2.05) is 0 Å². The van der Waals surface area contributed by atoms with E-state index in [0.29, 0.717) is 6.04 Å². The van der Waals surface area contributed by atoms with Crippen LogP contribution in [0.4, 0.5) is 0 Å². The molecule has 1 atom stereocenters. The molecule has 1 aliphatic rings. The third kappa shape index (κ3) is 4.97. The second kappa shape index (κ2) is 7.24. The minimum absolute atomic E-state index is 0.420. The molecule has 0 aromatic carbocycles. The first kappa shape index (κ1) is 12.0. The monoisotopic (exact) mass is 198 g/mol. The highest BCUT2D eigenvalue weighted by molar-refractivity contribution is 4.72. The molecule has 0 aromatic heterocycles. The number of hydrogen-bond acceptors (Lipinski definition) is 2. The second-order valence-electron chi connectivity index (χ2n) is 4.60. The van der Waals surface area contributed by atoms with Crippen molar-refractivity contribution in [1.29, 1.82) is 0 Å². The first-order chi connectivity index (χ1) is 6.83. The summed E-state index contributed by atoms with van der Waals surface area (Å²) in [5.74, 6) is 0. The molecule has 1 fully saturated rings. The van der Waals surface area contributed by atoms with Gasteiger partial charge in [0.05, 0.1) is 0 Å². The van der Waals surface area contributed by atoms with Crippen LogP contribution >= 0.6 is 0 Å². The standard InChI is InChI=1S/C12H26N2/c1-2-11(13)7-6-10-14-12-8-4-3-5-9-12/h11-12,14H,2-10,13H2,1H3. The zero-order valence-electron chi connectivity index (χ0n) is 9.60. The maximum absolute atomic E-state index is 5.86. The number of rotatable bonds is 6. The molecule has 0 amide bonds. The first-order valence-corrected chi connectivity index (χ1v) is 6.32. The summed E-state index contributed by atoms with van der Waals surface area (Å²) in [6.45, 7) is 3.33. The van der Waals surface area contributed by atoms with Gasteiger partial charge in [0.15, 0.2) is 0 Å². The van der Waals surface area contributed by atoms with Gasteiger partial charge in [0.25, 0.3) is 0 Å². The van der Waals surface area contributed by atoms with Crippen LogP contribution < -0.4 is 11.1 Å². The number of nitrogens with two attached hydrogens (primary N) is 1. The summed E-state index contributed by atoms with van der Waals surface area (Å²) in [6.07, 6.45) is 10.6. The highest BCUT2D eigenvalue weighted by atomic mass is 14.9. The highest BCUT2D eigenvalue weighted by Gasteiger charge is 2.11. The second-order valence-corrected chi connectivity index (χ2v) is 4.60. The molecule has 1 unspecified atom stereocenters. The highest BCUT2D eigenvalue weighted by Crippen LogP contribution is 2.17. The maximum Gasteiger partial charge on any atom is 0.00670 e. The zero-order valence-corrected chi connectivity index (χ0v) is 9.60. The van der Waals surface area contributed by atoms with Gasteiger partial charge in [0.2, 0.25) is 0 Å². The van der Waals surface area contributed by atoms with Crippen LogP contribution in [-0.4, -0.2) is 18.6 Å². The Kier molecular flexibility index (Phi) is 6.20. The quantitative estimate of drug-likeness (QED) is 0.643. The third-order valence-corrected chi connectivity index (χ3v) is 3.31. The van der Waals surface area contributed by atoms with Gasteiger partial charge in [-0.25, -0.2) is 0 Å². The lowest BCUT2D eigenvalue weighted by Crippen LogP contribution is -2.32. The predicted molar refractivity (Wildman–Crippen MR) is 62.4 cm³/mol. The van der Waals surface area contributed by atoms with Crippen molar-refractivity contribution in [3.8, 4) is 0 Å². The first-order valence-electron chi connectivity index (χ1n) is 6.32. The molecule has 0 aliphatic heterocycles. The Morgan fingerprint density at radius 2 is 2.00 bits per heavy atom. The summed E-state index contributed by atoms with van der Waals surface area (Å²) in [7, 11) is 0. The molecule has 0 aromatic rings. The van der Waals surface area contributed by atoms with Gasteiger partial charge >= 0.3 is 0 Å². The summed E-state index contributed by atoms with van der Waals surface area (Å²) >= 11 is 0. The Morgan fingerprint density at radius 3 is 2.64 bits per heavy atom. The molecule has 2 heteroatoms. The smallest absolute Gasteiger partial charge is 0.00670 e. The Hall–Kier alpha value is -0.0800. The Morgan fingerprint density at radius 1 is 1.29 bits per heavy atom. The fourth-order valence-corrected chi connectivity index (χ4v) is 2.18. The van der Waals surface area contributed by atoms with Crippen molar-refractivity contribution >= 4 is 0 Å². The van der Waals surface area contributed by atoms with Crippen LogP contribution in [0.15, 0.2) is 0 Å². The lowest BCUT2D eigenvalue weighted by Gasteiger charge is -2.23. The molecule has 14 heavy (non-hydrogen) atoms. The van der Waals surface area contributed by atoms with Gasteiger partial charge in [0.1, 0.15) is 0 Å². The van der Waals surface area contributed by atoms with Crippen molar-refractivity contribution in [2.75, 3.05) is 6.54 Å². The van der Waals surface area contributed by atoms with Crippen molar-refractivity contribution < 1.29 is 0 Å². The van der Waals surface area contributed by atoms with Gasteiger partial charge in [-0.3, -0.25) is 0 Å². The molecular formula is C12H26N2. The molecule has 2 nitrogen and oxygen atoms in total. The fourth-order valence-electron chi connectivity index (χ4n) is 2.18. The predicted octanol–water partition coefficient (Wildman–Crippen LogP) is 2.43. The summed E-state index contributed by atoms with van der Waals surface area (Å²) in [6, 6.07) is 1.23. The molecule has 0 radical (unpaired) electrons. The van der Waals surface area contributed by atoms with Gasteiger partial charge in [-0.05, 0) is 38.6 Å². The van der Waals surface area contributed by atoms with E-state index in [4.69, 9.17) is 5.73 Å². The number of hydrogen-bond donors (Lipinski definition) is 2. The molecular weight excluding hydrogens is 172 g/mol. The molecule has 84 valence electrons. The summed E-state index contributed by atoms with van der Waals surface area (Å²) < 4.78 is 0. The Labute approximate surface area is 88.6 Å².